The third-order valence-electron chi connectivity index (χ3n) is 5.27. The van der Waals surface area contributed by atoms with E-state index in [1.807, 2.05) is 36.1 Å². The minimum absolute atomic E-state index is 0.0836. The van der Waals surface area contributed by atoms with Crippen LogP contribution in [0, 0.1) is 12.7 Å². The van der Waals surface area contributed by atoms with Crippen LogP contribution >= 0.6 is 11.5 Å². The van der Waals surface area contributed by atoms with Crippen molar-refractivity contribution in [3.63, 3.8) is 0 Å². The number of aromatic nitrogens is 2. The zero-order chi connectivity index (χ0) is 20.4. The number of carbonyl (C=O) groups excluding carboxylic acids is 1. The smallest absolute Gasteiger partial charge is 0.254 e. The number of rotatable bonds is 4. The molecule has 0 aliphatic carbocycles. The van der Waals surface area contributed by atoms with Crippen LogP contribution < -0.4 is 4.90 Å². The molecule has 0 saturated carbocycles. The Kier molecular flexibility index (Phi) is 5.58. The van der Waals surface area contributed by atoms with Gasteiger partial charge >= 0.3 is 0 Å². The molecule has 3 aromatic rings. The number of anilines is 1. The van der Waals surface area contributed by atoms with Crippen molar-refractivity contribution in [1.82, 2.24) is 14.3 Å². The van der Waals surface area contributed by atoms with Crippen molar-refractivity contribution in [1.29, 1.82) is 0 Å². The van der Waals surface area contributed by atoms with Crippen molar-refractivity contribution in [2.45, 2.75) is 26.3 Å². The zero-order valence-electron chi connectivity index (χ0n) is 16.5. The Morgan fingerprint density at radius 3 is 2.66 bits per heavy atom. The van der Waals surface area contributed by atoms with Crippen molar-refractivity contribution >= 4 is 22.6 Å². The van der Waals surface area contributed by atoms with Crippen LogP contribution in [-0.2, 0) is 6.42 Å². The van der Waals surface area contributed by atoms with Gasteiger partial charge in [-0.05, 0) is 43.2 Å². The average molecular weight is 411 g/mol. The normalized spacial score (nSPS) is 16.9. The van der Waals surface area contributed by atoms with Gasteiger partial charge < -0.3 is 9.80 Å². The predicted octanol–water partition coefficient (Wildman–Crippen LogP) is 3.93. The van der Waals surface area contributed by atoms with E-state index in [0.29, 0.717) is 13.0 Å². The molecule has 2 heterocycles. The summed E-state index contributed by atoms with van der Waals surface area (Å²) in [5.41, 5.74) is 2.75. The van der Waals surface area contributed by atoms with Crippen LogP contribution in [0.4, 0.5) is 9.52 Å². The Hall–Kier alpha value is -2.80. The summed E-state index contributed by atoms with van der Waals surface area (Å²) in [4.78, 5) is 21.8. The van der Waals surface area contributed by atoms with Crippen molar-refractivity contribution in [3.8, 4) is 0 Å². The van der Waals surface area contributed by atoms with E-state index in [1.165, 1.54) is 23.7 Å². The van der Waals surface area contributed by atoms with Crippen molar-refractivity contribution in [3.05, 3.63) is 76.9 Å². The van der Waals surface area contributed by atoms with Gasteiger partial charge in [-0.2, -0.15) is 4.37 Å². The number of halogens is 1. The molecule has 1 unspecified atom stereocenters. The monoisotopic (exact) mass is 410 g/mol. The molecule has 1 aliphatic rings. The molecular formula is C22H23FN4OS. The molecule has 2 aromatic carbocycles. The van der Waals surface area contributed by atoms with Crippen LogP contribution in [0.15, 0.2) is 48.5 Å². The Morgan fingerprint density at radius 1 is 1.17 bits per heavy atom. The summed E-state index contributed by atoms with van der Waals surface area (Å²) in [6, 6.07) is 14.2. The van der Waals surface area contributed by atoms with Gasteiger partial charge in [0.15, 0.2) is 0 Å². The number of hydrogen-bond donors (Lipinski definition) is 0. The first kappa shape index (κ1) is 19.5. The molecular weight excluding hydrogens is 387 g/mol. The number of amides is 1. The van der Waals surface area contributed by atoms with E-state index in [2.05, 4.69) is 21.2 Å². The summed E-state index contributed by atoms with van der Waals surface area (Å²) in [6.07, 6.45) is 0.581. The lowest BCUT2D eigenvalue weighted by atomic mass is 10.1. The molecule has 4 rings (SSSR count). The molecule has 7 heteroatoms. The van der Waals surface area contributed by atoms with Gasteiger partial charge in [-0.15, -0.1) is 0 Å². The van der Waals surface area contributed by atoms with Crippen LogP contribution in [0.25, 0.3) is 0 Å². The molecule has 0 bridgehead atoms. The quantitative estimate of drug-likeness (QED) is 0.654. The van der Waals surface area contributed by atoms with Crippen molar-refractivity contribution < 1.29 is 9.18 Å². The summed E-state index contributed by atoms with van der Waals surface area (Å²) in [5, 5.41) is 0.872. The minimum atomic E-state index is -0.243. The highest BCUT2D eigenvalue weighted by atomic mass is 32.1. The van der Waals surface area contributed by atoms with Crippen molar-refractivity contribution in [2.24, 2.45) is 0 Å². The van der Waals surface area contributed by atoms with Crippen molar-refractivity contribution in [2.75, 3.05) is 24.5 Å². The van der Waals surface area contributed by atoms with Gasteiger partial charge in [0.25, 0.3) is 5.91 Å². The standard InChI is InChI=1S/C22H23FN4OS/c1-15-5-3-4-6-19(15)21(28)27-12-11-26(14-16(27)2)22-24-20(25-29-22)13-17-7-9-18(23)10-8-17/h3-10,16H,11-14H2,1-2H3. The van der Waals surface area contributed by atoms with Crippen LogP contribution in [0.3, 0.4) is 0 Å². The van der Waals surface area contributed by atoms with Gasteiger partial charge in [0.1, 0.15) is 11.6 Å². The maximum atomic E-state index is 13.1. The number of carbonyl (C=O) groups is 1. The second-order valence-corrected chi connectivity index (χ2v) is 8.14. The van der Waals surface area contributed by atoms with Gasteiger partial charge in [-0.1, -0.05) is 30.3 Å². The molecule has 1 aliphatic heterocycles. The maximum absolute atomic E-state index is 13.1. The number of nitrogens with zero attached hydrogens (tertiary/aromatic N) is 4. The Morgan fingerprint density at radius 2 is 1.93 bits per heavy atom. The molecule has 1 fully saturated rings. The van der Waals surface area contributed by atoms with E-state index in [9.17, 15) is 9.18 Å². The summed E-state index contributed by atoms with van der Waals surface area (Å²) >= 11 is 1.38. The Labute approximate surface area is 174 Å². The highest BCUT2D eigenvalue weighted by Gasteiger charge is 2.30. The lowest BCUT2D eigenvalue weighted by Gasteiger charge is -2.39. The van der Waals surface area contributed by atoms with E-state index < -0.39 is 0 Å². The van der Waals surface area contributed by atoms with E-state index in [0.717, 1.165) is 40.7 Å². The van der Waals surface area contributed by atoms with E-state index in [4.69, 9.17) is 0 Å². The number of hydrogen-bond acceptors (Lipinski definition) is 5. The predicted molar refractivity (Wildman–Crippen MR) is 113 cm³/mol. The van der Waals surface area contributed by atoms with E-state index >= 15 is 0 Å². The second-order valence-electron chi connectivity index (χ2n) is 7.40. The molecule has 1 amide bonds. The first-order chi connectivity index (χ1) is 14.0. The maximum Gasteiger partial charge on any atom is 0.254 e. The van der Waals surface area contributed by atoms with E-state index in [-0.39, 0.29) is 17.8 Å². The highest BCUT2D eigenvalue weighted by Crippen LogP contribution is 2.24. The lowest BCUT2D eigenvalue weighted by molar-refractivity contribution is 0.0673. The third-order valence-corrected chi connectivity index (χ3v) is 6.08. The van der Waals surface area contributed by atoms with E-state index in [1.54, 1.807) is 12.1 Å². The fourth-order valence-corrected chi connectivity index (χ4v) is 4.35. The molecule has 5 nitrogen and oxygen atoms in total. The highest BCUT2D eigenvalue weighted by molar-refractivity contribution is 7.09. The number of piperazine rings is 1. The van der Waals surface area contributed by atoms with Crippen LogP contribution in [0.1, 0.15) is 34.2 Å². The first-order valence-corrected chi connectivity index (χ1v) is 10.5. The molecule has 1 saturated heterocycles. The van der Waals surface area contributed by atoms with Gasteiger partial charge in [0, 0.05) is 49.2 Å². The van der Waals surface area contributed by atoms with Gasteiger partial charge in [-0.25, -0.2) is 9.37 Å². The number of benzene rings is 2. The van der Waals surface area contributed by atoms with Crippen LogP contribution in [0.5, 0.6) is 0 Å². The zero-order valence-corrected chi connectivity index (χ0v) is 17.3. The lowest BCUT2D eigenvalue weighted by Crippen LogP contribution is -2.54. The molecule has 0 spiro atoms. The SMILES string of the molecule is Cc1ccccc1C(=O)N1CCN(c2nc(Cc3ccc(F)cc3)ns2)CC1C. The molecule has 0 radical (unpaired) electrons. The average Bonchev–Trinajstić information content (AvgIpc) is 3.18. The van der Waals surface area contributed by atoms with Crippen LogP contribution in [0.2, 0.25) is 0 Å². The second kappa shape index (κ2) is 8.29. The Balaban J connectivity index is 1.41. The van der Waals surface area contributed by atoms with Gasteiger partial charge in [0.05, 0.1) is 0 Å². The molecule has 150 valence electrons. The molecule has 0 N–H and O–H groups in total. The number of aryl methyl sites for hydroxylation is 1. The minimum Gasteiger partial charge on any atom is -0.343 e. The fourth-order valence-electron chi connectivity index (χ4n) is 3.63. The molecule has 1 atom stereocenters. The summed E-state index contributed by atoms with van der Waals surface area (Å²) < 4.78 is 17.5. The molecule has 29 heavy (non-hydrogen) atoms. The Bertz CT molecular complexity index is 1000. The van der Waals surface area contributed by atoms with Gasteiger partial charge in [-0.3, -0.25) is 4.79 Å². The van der Waals surface area contributed by atoms with Gasteiger partial charge in [0.2, 0.25) is 5.13 Å². The fraction of sp³-hybridized carbons (Fsp3) is 0.318. The topological polar surface area (TPSA) is 49.3 Å². The summed E-state index contributed by atoms with van der Waals surface area (Å²) in [6.45, 7) is 6.15. The molecule has 1 aromatic heterocycles. The van der Waals surface area contributed by atoms with Crippen LogP contribution in [-0.4, -0.2) is 45.8 Å². The summed E-state index contributed by atoms with van der Waals surface area (Å²) in [5.74, 6) is 0.583. The summed E-state index contributed by atoms with van der Waals surface area (Å²) in [7, 11) is 0. The first-order valence-electron chi connectivity index (χ1n) is 9.70. The third kappa shape index (κ3) is 4.29. The largest absolute Gasteiger partial charge is 0.343 e.